The highest BCUT2D eigenvalue weighted by molar-refractivity contribution is 9.10. The van der Waals surface area contributed by atoms with Crippen LogP contribution in [0.5, 0.6) is 5.75 Å². The smallest absolute Gasteiger partial charge is 0.432 e. The van der Waals surface area contributed by atoms with Crippen LogP contribution in [-0.4, -0.2) is 11.6 Å². The summed E-state index contributed by atoms with van der Waals surface area (Å²) in [6.45, 7) is -3.14. The van der Waals surface area contributed by atoms with Gasteiger partial charge in [0.2, 0.25) is 0 Å². The molecule has 1 aromatic heterocycles. The van der Waals surface area contributed by atoms with E-state index in [0.717, 1.165) is 18.2 Å². The second kappa shape index (κ2) is 4.92. The van der Waals surface area contributed by atoms with Crippen LogP contribution in [-0.2, 0) is 6.18 Å². The summed E-state index contributed by atoms with van der Waals surface area (Å²) in [6.07, 6.45) is -4.65. The van der Waals surface area contributed by atoms with Crippen molar-refractivity contribution in [1.82, 2.24) is 4.98 Å². The Morgan fingerprint density at radius 3 is 2.37 bits per heavy atom. The van der Waals surface area contributed by atoms with Crippen molar-refractivity contribution in [3.63, 3.8) is 0 Å². The third-order valence-corrected chi connectivity index (χ3v) is 2.96. The van der Waals surface area contributed by atoms with Crippen LogP contribution >= 0.6 is 15.9 Å². The molecule has 0 radical (unpaired) electrons. The molecular formula is C11H5BrF5NO. The van der Waals surface area contributed by atoms with Crippen LogP contribution in [0.4, 0.5) is 22.0 Å². The van der Waals surface area contributed by atoms with Crippen LogP contribution in [0.1, 0.15) is 5.69 Å². The maximum atomic E-state index is 12.5. The summed E-state index contributed by atoms with van der Waals surface area (Å²) in [7, 11) is 0. The molecule has 0 spiro atoms. The van der Waals surface area contributed by atoms with Crippen molar-refractivity contribution < 1.29 is 26.7 Å². The minimum Gasteiger partial charge on any atom is -0.432 e. The lowest BCUT2D eigenvalue weighted by atomic mass is 10.2. The summed E-state index contributed by atoms with van der Waals surface area (Å²) in [5.74, 6) is -0.403. The molecule has 0 amide bonds. The molecule has 1 aromatic carbocycles. The maximum absolute atomic E-state index is 12.5. The first kappa shape index (κ1) is 14.0. The highest BCUT2D eigenvalue weighted by Crippen LogP contribution is 2.35. The number of nitrogens with zero attached hydrogens (tertiary/aromatic N) is 1. The Balaban J connectivity index is 2.66. The van der Waals surface area contributed by atoms with E-state index >= 15 is 0 Å². The van der Waals surface area contributed by atoms with Crippen LogP contribution in [0.15, 0.2) is 28.7 Å². The second-order valence-electron chi connectivity index (χ2n) is 3.51. The van der Waals surface area contributed by atoms with Crippen LogP contribution in [0.2, 0.25) is 0 Å². The first-order valence-electron chi connectivity index (χ1n) is 4.90. The Morgan fingerprint density at radius 1 is 1.11 bits per heavy atom. The van der Waals surface area contributed by atoms with Crippen LogP contribution in [0.25, 0.3) is 10.9 Å². The Kier molecular flexibility index (Phi) is 3.62. The van der Waals surface area contributed by atoms with E-state index in [1.807, 2.05) is 0 Å². The zero-order valence-electron chi connectivity index (χ0n) is 9.01. The van der Waals surface area contributed by atoms with E-state index in [4.69, 9.17) is 0 Å². The molecule has 0 aliphatic rings. The van der Waals surface area contributed by atoms with Gasteiger partial charge in [-0.1, -0.05) is 15.9 Å². The monoisotopic (exact) mass is 341 g/mol. The lowest BCUT2D eigenvalue weighted by Gasteiger charge is -2.11. The van der Waals surface area contributed by atoms with Crippen LogP contribution in [0, 0.1) is 0 Å². The van der Waals surface area contributed by atoms with E-state index in [9.17, 15) is 22.0 Å². The fourth-order valence-electron chi connectivity index (χ4n) is 1.51. The average Bonchev–Trinajstić information content (AvgIpc) is 2.31. The molecule has 102 valence electrons. The van der Waals surface area contributed by atoms with Crippen LogP contribution < -0.4 is 4.74 Å². The molecule has 2 rings (SSSR count). The van der Waals surface area contributed by atoms with Crippen molar-refractivity contribution in [2.24, 2.45) is 0 Å². The first-order chi connectivity index (χ1) is 8.79. The SMILES string of the molecule is FC(F)Oc1ccc(Br)c2ccc(C(F)(F)F)nc12. The molecule has 0 unspecified atom stereocenters. The summed E-state index contributed by atoms with van der Waals surface area (Å²) in [5, 5.41) is 0.256. The highest BCUT2D eigenvalue weighted by atomic mass is 79.9. The predicted molar refractivity (Wildman–Crippen MR) is 61.1 cm³/mol. The van der Waals surface area contributed by atoms with Crippen molar-refractivity contribution in [2.45, 2.75) is 12.8 Å². The van der Waals surface area contributed by atoms with Gasteiger partial charge in [-0.25, -0.2) is 4.98 Å². The largest absolute Gasteiger partial charge is 0.433 e. The van der Waals surface area contributed by atoms with Gasteiger partial charge < -0.3 is 4.74 Å². The number of benzene rings is 1. The van der Waals surface area contributed by atoms with E-state index in [0.29, 0.717) is 4.47 Å². The molecule has 0 atom stereocenters. The normalized spacial score (nSPS) is 12.2. The molecule has 0 saturated heterocycles. The Hall–Kier alpha value is -1.44. The Morgan fingerprint density at radius 2 is 1.79 bits per heavy atom. The standard InChI is InChI=1S/C11H5BrF5NO/c12-6-2-3-7(19-10(13)14)9-5(6)1-4-8(18-9)11(15,16)17/h1-4,10H. The third kappa shape index (κ3) is 2.94. The molecule has 0 bridgehead atoms. The highest BCUT2D eigenvalue weighted by Gasteiger charge is 2.33. The summed E-state index contributed by atoms with van der Waals surface area (Å²) in [5.41, 5.74) is -1.44. The molecule has 0 N–H and O–H groups in total. The number of pyridine rings is 1. The fourth-order valence-corrected chi connectivity index (χ4v) is 1.96. The molecule has 8 heteroatoms. The molecule has 19 heavy (non-hydrogen) atoms. The van der Waals surface area contributed by atoms with E-state index in [1.54, 1.807) is 0 Å². The topological polar surface area (TPSA) is 22.1 Å². The summed E-state index contributed by atoms with van der Waals surface area (Å²) >= 11 is 3.11. The molecule has 1 heterocycles. The maximum Gasteiger partial charge on any atom is 0.433 e. The van der Waals surface area contributed by atoms with Gasteiger partial charge in [0, 0.05) is 9.86 Å². The predicted octanol–water partition coefficient (Wildman–Crippen LogP) is 4.62. The second-order valence-corrected chi connectivity index (χ2v) is 4.37. The Labute approximate surface area is 112 Å². The lowest BCUT2D eigenvalue weighted by molar-refractivity contribution is -0.140. The average molecular weight is 342 g/mol. The zero-order valence-corrected chi connectivity index (χ0v) is 10.6. The number of hydrogen-bond acceptors (Lipinski definition) is 2. The number of halogens is 6. The molecule has 0 saturated carbocycles. The van der Waals surface area contributed by atoms with Gasteiger partial charge in [0.15, 0.2) is 5.75 Å². The van der Waals surface area contributed by atoms with Gasteiger partial charge in [-0.05, 0) is 24.3 Å². The van der Waals surface area contributed by atoms with Crippen molar-refractivity contribution in [3.8, 4) is 5.75 Å². The fraction of sp³-hybridized carbons (Fsp3) is 0.182. The van der Waals surface area contributed by atoms with Gasteiger partial charge in [0.1, 0.15) is 11.2 Å². The summed E-state index contributed by atoms with van der Waals surface area (Å²) < 4.78 is 66.6. The van der Waals surface area contributed by atoms with E-state index in [1.165, 1.54) is 6.07 Å². The van der Waals surface area contributed by atoms with Crippen molar-refractivity contribution in [2.75, 3.05) is 0 Å². The quantitative estimate of drug-likeness (QED) is 0.743. The van der Waals surface area contributed by atoms with Gasteiger partial charge in [-0.2, -0.15) is 22.0 Å². The minimum atomic E-state index is -4.65. The number of aromatic nitrogens is 1. The van der Waals surface area contributed by atoms with Crippen molar-refractivity contribution in [3.05, 3.63) is 34.4 Å². The number of rotatable bonds is 2. The first-order valence-corrected chi connectivity index (χ1v) is 5.69. The van der Waals surface area contributed by atoms with Gasteiger partial charge in [0.05, 0.1) is 0 Å². The van der Waals surface area contributed by atoms with Gasteiger partial charge in [-0.3, -0.25) is 0 Å². The molecule has 0 aliphatic heterocycles. The third-order valence-electron chi connectivity index (χ3n) is 2.27. The van der Waals surface area contributed by atoms with Crippen LogP contribution in [0.3, 0.4) is 0 Å². The number of alkyl halides is 5. The Bertz CT molecular complexity index is 614. The van der Waals surface area contributed by atoms with Gasteiger partial charge >= 0.3 is 12.8 Å². The molecule has 0 fully saturated rings. The van der Waals surface area contributed by atoms with Crippen molar-refractivity contribution >= 4 is 26.8 Å². The van der Waals surface area contributed by atoms with E-state index in [-0.39, 0.29) is 10.9 Å². The summed E-state index contributed by atoms with van der Waals surface area (Å²) in [4.78, 5) is 3.35. The van der Waals surface area contributed by atoms with Gasteiger partial charge in [0.25, 0.3) is 0 Å². The molecule has 2 nitrogen and oxygen atoms in total. The minimum absolute atomic E-state index is 0.256. The van der Waals surface area contributed by atoms with E-state index in [2.05, 4.69) is 25.7 Å². The number of fused-ring (bicyclic) bond motifs is 1. The van der Waals surface area contributed by atoms with Gasteiger partial charge in [-0.15, -0.1) is 0 Å². The van der Waals surface area contributed by atoms with E-state index < -0.39 is 24.2 Å². The molecular weight excluding hydrogens is 337 g/mol. The van der Waals surface area contributed by atoms with Crippen molar-refractivity contribution in [1.29, 1.82) is 0 Å². The lowest BCUT2D eigenvalue weighted by Crippen LogP contribution is -2.09. The molecule has 2 aromatic rings. The molecule has 0 aliphatic carbocycles. The number of ether oxygens (including phenoxy) is 1. The zero-order chi connectivity index (χ0) is 14.2. The number of hydrogen-bond donors (Lipinski definition) is 0. The summed E-state index contributed by atoms with van der Waals surface area (Å²) in [6, 6.07) is 4.45.